The lowest BCUT2D eigenvalue weighted by molar-refractivity contribution is -0.116. The van der Waals surface area contributed by atoms with Gasteiger partial charge in [0.05, 0.1) is 6.54 Å². The SMILES string of the molecule is O=C1CN(S(=O)(=O)N2CCCCC2)Cc2ccccc2N1. The lowest BCUT2D eigenvalue weighted by atomic mass is 10.2. The number of benzene rings is 1. The van der Waals surface area contributed by atoms with E-state index in [4.69, 9.17) is 0 Å². The topological polar surface area (TPSA) is 69.7 Å². The molecule has 0 spiro atoms. The molecular formula is C14H19N3O3S. The number of rotatable bonds is 2. The molecule has 6 nitrogen and oxygen atoms in total. The zero-order chi connectivity index (χ0) is 14.9. The summed E-state index contributed by atoms with van der Waals surface area (Å²) in [6.07, 6.45) is 2.83. The molecule has 1 N–H and O–H groups in total. The summed E-state index contributed by atoms with van der Waals surface area (Å²) in [5, 5.41) is 2.76. The standard InChI is InChI=1S/C14H19N3O3S/c18-14-11-17(10-12-6-2-3-7-13(12)15-14)21(19,20)16-8-4-1-5-9-16/h2-3,6-7H,1,4-5,8-11H2,(H,15,18). The summed E-state index contributed by atoms with van der Waals surface area (Å²) in [4.78, 5) is 11.9. The molecule has 1 saturated heterocycles. The van der Waals surface area contributed by atoms with Crippen LogP contribution in [-0.4, -0.2) is 42.6 Å². The Kier molecular flexibility index (Phi) is 3.97. The molecule has 3 rings (SSSR count). The van der Waals surface area contributed by atoms with Crippen LogP contribution < -0.4 is 5.32 Å². The lowest BCUT2D eigenvalue weighted by Gasteiger charge is -2.31. The average molecular weight is 309 g/mol. The first-order valence-corrected chi connectivity index (χ1v) is 8.60. The number of para-hydroxylation sites is 1. The van der Waals surface area contributed by atoms with Gasteiger partial charge < -0.3 is 5.32 Å². The van der Waals surface area contributed by atoms with Crippen LogP contribution in [0.4, 0.5) is 5.69 Å². The monoisotopic (exact) mass is 309 g/mol. The van der Waals surface area contributed by atoms with E-state index in [-0.39, 0.29) is 19.0 Å². The van der Waals surface area contributed by atoms with Crippen LogP contribution in [0.5, 0.6) is 0 Å². The first-order valence-electron chi connectivity index (χ1n) is 7.20. The molecule has 2 aliphatic heterocycles. The van der Waals surface area contributed by atoms with Gasteiger partial charge in [-0.1, -0.05) is 24.6 Å². The zero-order valence-electron chi connectivity index (χ0n) is 11.8. The first-order chi connectivity index (χ1) is 10.1. The maximum atomic E-state index is 12.7. The summed E-state index contributed by atoms with van der Waals surface area (Å²) >= 11 is 0. The predicted molar refractivity (Wildman–Crippen MR) is 79.8 cm³/mol. The second kappa shape index (κ2) is 5.75. The van der Waals surface area contributed by atoms with E-state index in [0.717, 1.165) is 24.8 Å². The fourth-order valence-electron chi connectivity index (χ4n) is 2.80. The molecule has 0 aromatic heterocycles. The van der Waals surface area contributed by atoms with Crippen molar-refractivity contribution in [1.82, 2.24) is 8.61 Å². The summed E-state index contributed by atoms with van der Waals surface area (Å²) in [6.45, 7) is 1.19. The molecule has 1 aromatic rings. The minimum absolute atomic E-state index is 0.131. The number of piperidine rings is 1. The van der Waals surface area contributed by atoms with E-state index in [9.17, 15) is 13.2 Å². The molecule has 7 heteroatoms. The molecular weight excluding hydrogens is 290 g/mol. The van der Waals surface area contributed by atoms with Crippen molar-refractivity contribution in [1.29, 1.82) is 0 Å². The molecule has 0 saturated carbocycles. The van der Waals surface area contributed by atoms with Crippen LogP contribution in [0.2, 0.25) is 0 Å². The van der Waals surface area contributed by atoms with Crippen LogP contribution in [0.1, 0.15) is 24.8 Å². The minimum Gasteiger partial charge on any atom is -0.325 e. The Bertz CT molecular complexity index is 639. The molecule has 2 aliphatic rings. The Hall–Kier alpha value is -1.44. The quantitative estimate of drug-likeness (QED) is 0.891. The lowest BCUT2D eigenvalue weighted by Crippen LogP contribution is -2.47. The van der Waals surface area contributed by atoms with Gasteiger partial charge in [0.1, 0.15) is 0 Å². The molecule has 1 amide bonds. The van der Waals surface area contributed by atoms with Gasteiger partial charge in [0.25, 0.3) is 10.2 Å². The molecule has 0 atom stereocenters. The molecule has 0 unspecified atom stereocenters. The van der Waals surface area contributed by atoms with Crippen molar-refractivity contribution in [2.24, 2.45) is 0 Å². The first kappa shape index (κ1) is 14.5. The summed E-state index contributed by atoms with van der Waals surface area (Å²) < 4.78 is 28.2. The highest BCUT2D eigenvalue weighted by Gasteiger charge is 2.33. The van der Waals surface area contributed by atoms with Crippen LogP contribution in [0.3, 0.4) is 0 Å². The highest BCUT2D eigenvalue weighted by atomic mass is 32.2. The maximum absolute atomic E-state index is 12.7. The minimum atomic E-state index is -3.58. The van der Waals surface area contributed by atoms with Crippen LogP contribution in [0, 0.1) is 0 Å². The van der Waals surface area contributed by atoms with Crippen molar-refractivity contribution in [3.63, 3.8) is 0 Å². The normalized spacial score (nSPS) is 21.4. The third-order valence-electron chi connectivity index (χ3n) is 3.93. The molecule has 2 heterocycles. The van der Waals surface area contributed by atoms with Crippen molar-refractivity contribution in [2.45, 2.75) is 25.8 Å². The number of carbonyl (C=O) groups excluding carboxylic acids is 1. The Morgan fingerprint density at radius 3 is 2.43 bits per heavy atom. The molecule has 1 fully saturated rings. The van der Waals surface area contributed by atoms with Gasteiger partial charge in [0, 0.05) is 25.3 Å². The van der Waals surface area contributed by atoms with Crippen molar-refractivity contribution in [2.75, 3.05) is 25.0 Å². The van der Waals surface area contributed by atoms with E-state index >= 15 is 0 Å². The Morgan fingerprint density at radius 1 is 0.952 bits per heavy atom. The summed E-state index contributed by atoms with van der Waals surface area (Å²) in [5.41, 5.74) is 1.52. The van der Waals surface area contributed by atoms with Gasteiger partial charge >= 0.3 is 0 Å². The average Bonchev–Trinajstić information content (AvgIpc) is 2.66. The van der Waals surface area contributed by atoms with Crippen molar-refractivity contribution in [3.05, 3.63) is 29.8 Å². The number of fused-ring (bicyclic) bond motifs is 1. The van der Waals surface area contributed by atoms with E-state index in [1.165, 1.54) is 8.61 Å². The fraction of sp³-hybridized carbons (Fsp3) is 0.500. The van der Waals surface area contributed by atoms with Crippen LogP contribution in [0.15, 0.2) is 24.3 Å². The van der Waals surface area contributed by atoms with Crippen molar-refractivity contribution >= 4 is 21.8 Å². The van der Waals surface area contributed by atoms with Gasteiger partial charge in [-0.25, -0.2) is 0 Å². The second-order valence-corrected chi connectivity index (χ2v) is 7.37. The molecule has 1 aromatic carbocycles. The summed E-state index contributed by atoms with van der Waals surface area (Å²) in [6, 6.07) is 7.32. The second-order valence-electron chi connectivity index (χ2n) is 5.44. The van der Waals surface area contributed by atoms with E-state index < -0.39 is 10.2 Å². The molecule has 0 aliphatic carbocycles. The van der Waals surface area contributed by atoms with Crippen LogP contribution >= 0.6 is 0 Å². The fourth-order valence-corrected chi connectivity index (χ4v) is 4.43. The van der Waals surface area contributed by atoms with E-state index in [2.05, 4.69) is 5.32 Å². The van der Waals surface area contributed by atoms with Crippen molar-refractivity contribution in [3.8, 4) is 0 Å². The Labute approximate surface area is 124 Å². The molecule has 0 bridgehead atoms. The van der Waals surface area contributed by atoms with Gasteiger partial charge in [0.2, 0.25) is 5.91 Å². The van der Waals surface area contributed by atoms with E-state index in [0.29, 0.717) is 18.8 Å². The zero-order valence-corrected chi connectivity index (χ0v) is 12.6. The van der Waals surface area contributed by atoms with Gasteiger partial charge in [-0.3, -0.25) is 4.79 Å². The molecule has 114 valence electrons. The van der Waals surface area contributed by atoms with E-state index in [1.54, 1.807) is 6.07 Å². The van der Waals surface area contributed by atoms with E-state index in [1.807, 2.05) is 18.2 Å². The number of anilines is 1. The van der Waals surface area contributed by atoms with Gasteiger partial charge in [0.15, 0.2) is 0 Å². The third-order valence-corrected chi connectivity index (χ3v) is 5.85. The van der Waals surface area contributed by atoms with Crippen molar-refractivity contribution < 1.29 is 13.2 Å². The van der Waals surface area contributed by atoms with Gasteiger partial charge in [-0.15, -0.1) is 0 Å². The maximum Gasteiger partial charge on any atom is 0.282 e. The summed E-state index contributed by atoms with van der Waals surface area (Å²) in [5.74, 6) is -0.291. The van der Waals surface area contributed by atoms with Crippen LogP contribution in [0.25, 0.3) is 0 Å². The van der Waals surface area contributed by atoms with Crippen LogP contribution in [-0.2, 0) is 21.5 Å². The largest absolute Gasteiger partial charge is 0.325 e. The number of nitrogens with one attached hydrogen (secondary N) is 1. The Balaban J connectivity index is 1.89. The highest BCUT2D eigenvalue weighted by molar-refractivity contribution is 7.86. The number of hydrogen-bond donors (Lipinski definition) is 1. The predicted octanol–water partition coefficient (Wildman–Crippen LogP) is 1.17. The number of amides is 1. The number of nitrogens with zero attached hydrogens (tertiary/aromatic N) is 2. The number of hydrogen-bond acceptors (Lipinski definition) is 3. The Morgan fingerprint density at radius 2 is 1.67 bits per heavy atom. The smallest absolute Gasteiger partial charge is 0.282 e. The third kappa shape index (κ3) is 2.95. The number of carbonyl (C=O) groups is 1. The molecule has 0 radical (unpaired) electrons. The van der Waals surface area contributed by atoms with Gasteiger partial charge in [-0.05, 0) is 24.5 Å². The molecule has 21 heavy (non-hydrogen) atoms. The van der Waals surface area contributed by atoms with Gasteiger partial charge in [-0.2, -0.15) is 17.0 Å². The highest BCUT2D eigenvalue weighted by Crippen LogP contribution is 2.24. The summed E-state index contributed by atoms with van der Waals surface area (Å²) in [7, 11) is -3.58.